The first-order valence-corrected chi connectivity index (χ1v) is 19.4. The standard InChI is InChI=1S/C37H48N4O4S2/c1-3-25-6-8-29(42)20-30(43)9-7-27-19-33(45-2)32(44)18-28(27)16-26-17-31(35(38)40-21-26)34(47-46-22-25)37(41-15-14-39-24-41)13-12-36(23-37)10-4-5-11-36/h7,9,14-15,17-19,21,24-25,34-35,40,44H,3-6,8,10-13,16,20,22-23,38H2,1-2H3/b9-7+/t25-,34-,35?,37-/m1/s1. The molecule has 10 heteroatoms. The summed E-state index contributed by atoms with van der Waals surface area (Å²) in [6.45, 7) is 2.19. The topological polar surface area (TPSA) is 119 Å². The molecule has 47 heavy (non-hydrogen) atoms. The van der Waals surface area contributed by atoms with Crippen LogP contribution >= 0.6 is 21.6 Å². The number of dihydropyridines is 1. The van der Waals surface area contributed by atoms with Gasteiger partial charge >= 0.3 is 0 Å². The van der Waals surface area contributed by atoms with Crippen molar-refractivity contribution in [1.29, 1.82) is 0 Å². The van der Waals surface area contributed by atoms with E-state index in [2.05, 4.69) is 34.1 Å². The van der Waals surface area contributed by atoms with Crippen molar-refractivity contribution in [3.63, 3.8) is 0 Å². The molecule has 1 aromatic carbocycles. The molecule has 2 fully saturated rings. The van der Waals surface area contributed by atoms with Crippen LogP contribution in [-0.2, 0) is 21.5 Å². The average molecular weight is 677 g/mol. The first kappa shape index (κ1) is 33.9. The number of rotatable bonds is 4. The number of phenolic OH excluding ortho intramolecular Hbond substituents is 1. The maximum absolute atomic E-state index is 12.9. The molecule has 1 aromatic heterocycles. The van der Waals surface area contributed by atoms with Crippen molar-refractivity contribution in [3.8, 4) is 11.5 Å². The number of Topliss-reactive ketones (excluding diaryl/α,β-unsaturated/α-hetero) is 1. The van der Waals surface area contributed by atoms with Crippen molar-refractivity contribution in [1.82, 2.24) is 14.9 Å². The van der Waals surface area contributed by atoms with Gasteiger partial charge in [-0.1, -0.05) is 59.9 Å². The van der Waals surface area contributed by atoms with Crippen molar-refractivity contribution in [2.75, 3.05) is 12.9 Å². The lowest BCUT2D eigenvalue weighted by Gasteiger charge is -2.43. The number of carbonyl (C=O) groups excluding carboxylic acids is 2. The monoisotopic (exact) mass is 676 g/mol. The third kappa shape index (κ3) is 7.39. The van der Waals surface area contributed by atoms with E-state index in [-0.39, 0.29) is 40.7 Å². The number of aromatic nitrogens is 2. The molecule has 4 atom stereocenters. The van der Waals surface area contributed by atoms with E-state index in [0.717, 1.165) is 53.7 Å². The largest absolute Gasteiger partial charge is 0.504 e. The Morgan fingerprint density at radius 2 is 1.98 bits per heavy atom. The van der Waals surface area contributed by atoms with E-state index in [0.29, 0.717) is 29.9 Å². The van der Waals surface area contributed by atoms with Crippen molar-refractivity contribution in [2.45, 2.75) is 101 Å². The molecule has 2 aliphatic heterocycles. The molecule has 2 saturated carbocycles. The van der Waals surface area contributed by atoms with Gasteiger partial charge in [-0.15, -0.1) is 0 Å². The Bertz CT molecular complexity index is 1550. The molecule has 4 N–H and O–H groups in total. The highest BCUT2D eigenvalue weighted by Crippen LogP contribution is 2.61. The number of methoxy groups -OCH3 is 1. The molecule has 0 radical (unpaired) electrons. The summed E-state index contributed by atoms with van der Waals surface area (Å²) < 4.78 is 7.78. The fourth-order valence-corrected chi connectivity index (χ4v) is 11.9. The Morgan fingerprint density at radius 3 is 2.72 bits per heavy atom. The van der Waals surface area contributed by atoms with E-state index in [1.165, 1.54) is 45.3 Å². The van der Waals surface area contributed by atoms with E-state index >= 15 is 0 Å². The zero-order valence-electron chi connectivity index (χ0n) is 27.6. The Hall–Kier alpha value is -2.95. The number of benzene rings is 1. The molecule has 4 aliphatic rings. The minimum Gasteiger partial charge on any atom is -0.504 e. The summed E-state index contributed by atoms with van der Waals surface area (Å²) in [7, 11) is 5.34. The first-order chi connectivity index (χ1) is 22.7. The number of nitrogens with one attached hydrogen (secondary N) is 1. The van der Waals surface area contributed by atoms with Crippen LogP contribution in [0, 0.1) is 11.3 Å². The SMILES string of the molecule is CC[C@@H]1CCC(=O)CC(=O)/C=C/c2cc(OC)c(O)cc2CC2=CNC(N)C(=C2)[C@H]([C@@]2(n3ccnc3)CCC3(CCCC3)C2)SSC1. The summed E-state index contributed by atoms with van der Waals surface area (Å²) in [6.07, 6.45) is 24.3. The van der Waals surface area contributed by atoms with Gasteiger partial charge in [-0.05, 0) is 96.8 Å². The number of allylic oxidation sites excluding steroid dienone is 3. The highest BCUT2D eigenvalue weighted by Gasteiger charge is 2.55. The fourth-order valence-electron chi connectivity index (χ4n) is 8.21. The highest BCUT2D eigenvalue weighted by molar-refractivity contribution is 8.77. The third-order valence-corrected chi connectivity index (χ3v) is 14.0. The lowest BCUT2D eigenvalue weighted by molar-refractivity contribution is -0.124. The molecule has 2 aromatic rings. The number of aromatic hydroxyl groups is 1. The Morgan fingerprint density at radius 1 is 1.15 bits per heavy atom. The van der Waals surface area contributed by atoms with Crippen molar-refractivity contribution < 1.29 is 19.4 Å². The van der Waals surface area contributed by atoms with Gasteiger partial charge in [0, 0.05) is 30.8 Å². The lowest BCUT2D eigenvalue weighted by atomic mass is 9.78. The van der Waals surface area contributed by atoms with E-state index in [1.807, 2.05) is 40.3 Å². The van der Waals surface area contributed by atoms with E-state index in [4.69, 9.17) is 10.5 Å². The predicted molar refractivity (Wildman–Crippen MR) is 191 cm³/mol. The second-order valence-electron chi connectivity index (χ2n) is 14.0. The Kier molecular flexibility index (Phi) is 10.6. The van der Waals surface area contributed by atoms with Gasteiger partial charge in [0.2, 0.25) is 0 Å². The molecule has 1 spiro atoms. The van der Waals surface area contributed by atoms with Crippen molar-refractivity contribution in [2.24, 2.45) is 17.1 Å². The summed E-state index contributed by atoms with van der Waals surface area (Å²) in [4.78, 5) is 30.2. The summed E-state index contributed by atoms with van der Waals surface area (Å²) in [5.41, 5.74) is 10.9. The Balaban J connectivity index is 1.43. The van der Waals surface area contributed by atoms with Crippen LogP contribution < -0.4 is 15.8 Å². The van der Waals surface area contributed by atoms with Gasteiger partial charge in [0.25, 0.3) is 0 Å². The normalized spacial score (nSPS) is 29.3. The number of phenols is 1. The Labute approximate surface area is 286 Å². The summed E-state index contributed by atoms with van der Waals surface area (Å²) in [5, 5.41) is 14.3. The van der Waals surface area contributed by atoms with Gasteiger partial charge < -0.3 is 25.5 Å². The maximum atomic E-state index is 12.9. The number of nitrogens with two attached hydrogens (primary N) is 1. The van der Waals surface area contributed by atoms with Crippen LogP contribution in [0.25, 0.3) is 6.08 Å². The summed E-state index contributed by atoms with van der Waals surface area (Å²) in [6, 6.07) is 3.45. The molecule has 0 amide bonds. The number of ketones is 2. The molecule has 6 rings (SSSR count). The third-order valence-electron chi connectivity index (χ3n) is 10.9. The van der Waals surface area contributed by atoms with Crippen LogP contribution in [0.5, 0.6) is 11.5 Å². The second-order valence-corrected chi connectivity index (χ2v) is 16.5. The number of fused-ring (bicyclic) bond motifs is 2. The van der Waals surface area contributed by atoms with Crippen LogP contribution in [0.4, 0.5) is 0 Å². The van der Waals surface area contributed by atoms with Gasteiger partial charge in [-0.25, -0.2) is 4.98 Å². The molecule has 3 heterocycles. The number of ether oxygens (including phenoxy) is 1. The fraction of sp³-hybridized carbons (Fsp3) is 0.541. The molecule has 2 aliphatic carbocycles. The molecular weight excluding hydrogens is 629 g/mol. The molecule has 252 valence electrons. The van der Waals surface area contributed by atoms with E-state index < -0.39 is 0 Å². The molecule has 8 nitrogen and oxygen atoms in total. The molecule has 1 unspecified atom stereocenters. The quantitative estimate of drug-likeness (QED) is 0.230. The predicted octanol–water partition coefficient (Wildman–Crippen LogP) is 7.09. The molecular formula is C37H48N4O4S2. The van der Waals surface area contributed by atoms with Crippen LogP contribution in [-0.4, -0.2) is 50.5 Å². The van der Waals surface area contributed by atoms with Gasteiger partial charge in [-0.2, -0.15) is 0 Å². The van der Waals surface area contributed by atoms with Crippen molar-refractivity contribution in [3.05, 3.63) is 71.5 Å². The number of hydrogen-bond acceptors (Lipinski definition) is 9. The highest BCUT2D eigenvalue weighted by atomic mass is 33.1. The van der Waals surface area contributed by atoms with Crippen LogP contribution in [0.2, 0.25) is 0 Å². The van der Waals surface area contributed by atoms with Crippen LogP contribution in [0.3, 0.4) is 0 Å². The smallest absolute Gasteiger partial charge is 0.163 e. The second kappa shape index (κ2) is 14.7. The number of nitrogens with zero attached hydrogens (tertiary/aromatic N) is 2. The van der Waals surface area contributed by atoms with E-state index in [1.54, 1.807) is 18.2 Å². The van der Waals surface area contributed by atoms with Gasteiger partial charge in [-0.3, -0.25) is 9.59 Å². The van der Waals surface area contributed by atoms with Gasteiger partial charge in [0.15, 0.2) is 17.3 Å². The van der Waals surface area contributed by atoms with Gasteiger partial charge in [0.05, 0.1) is 36.8 Å². The molecule has 0 saturated heterocycles. The first-order valence-electron chi connectivity index (χ1n) is 17.1. The molecule has 2 bridgehead atoms. The minimum atomic E-state index is -0.344. The maximum Gasteiger partial charge on any atom is 0.163 e. The zero-order chi connectivity index (χ0) is 33.0. The van der Waals surface area contributed by atoms with Gasteiger partial charge in [0.1, 0.15) is 5.78 Å². The minimum absolute atomic E-state index is 0.0213. The zero-order valence-corrected chi connectivity index (χ0v) is 29.2. The van der Waals surface area contributed by atoms with Crippen LogP contribution in [0.1, 0.15) is 88.7 Å². The van der Waals surface area contributed by atoms with Crippen molar-refractivity contribution >= 4 is 39.2 Å². The average Bonchev–Trinajstić information content (AvgIpc) is 3.84. The van der Waals surface area contributed by atoms with E-state index in [9.17, 15) is 14.7 Å². The summed E-state index contributed by atoms with van der Waals surface area (Å²) in [5.74, 6) is 1.43. The number of carbonyl (C=O) groups is 2. The lowest BCUT2D eigenvalue weighted by Crippen LogP contribution is -2.50. The number of imidazole rings is 1. The number of hydrogen-bond donors (Lipinski definition) is 3. The summed E-state index contributed by atoms with van der Waals surface area (Å²) >= 11 is 0. The van der Waals surface area contributed by atoms with Crippen LogP contribution in [0.15, 0.2) is 60.4 Å².